The Morgan fingerprint density at radius 1 is 0.960 bits per heavy atom. The van der Waals surface area contributed by atoms with E-state index >= 15 is 0 Å². The van der Waals surface area contributed by atoms with Crippen molar-refractivity contribution >= 4 is 11.7 Å². The lowest BCUT2D eigenvalue weighted by molar-refractivity contribution is -0.160. The predicted molar refractivity (Wildman–Crippen MR) is 198 cm³/mol. The number of hydrogen-bond donors (Lipinski definition) is 1. The third-order valence-electron chi connectivity index (χ3n) is 9.29. The first-order valence-electron chi connectivity index (χ1n) is 17.6. The Hall–Kier alpha value is -4.27. The standard InChI is InChI=1S/C42H52FN3O4/c1-29-36(39(40(47)48)50-41(2,3)4)38(46-24-22-42(5,6)23-25-46)37(35(44-29)28-45(7)27-31-11-9-8-10-12-31)32-15-19-34(20-16-32)49-26-21-30-13-17-33(43)18-14-30/h8-20,39H,21-28H2,1-7H3,(H,47,48). The molecule has 266 valence electrons. The zero-order valence-corrected chi connectivity index (χ0v) is 30.6. The van der Waals surface area contributed by atoms with Gasteiger partial charge in [-0.2, -0.15) is 0 Å². The molecule has 1 unspecified atom stereocenters. The topological polar surface area (TPSA) is 75.1 Å². The van der Waals surface area contributed by atoms with Crippen LogP contribution in [0.15, 0.2) is 78.9 Å². The lowest BCUT2D eigenvalue weighted by atomic mass is 9.81. The number of carbonyl (C=O) groups is 1. The van der Waals surface area contributed by atoms with Crippen LogP contribution in [0.5, 0.6) is 5.75 Å². The first kappa shape index (κ1) is 37.0. The monoisotopic (exact) mass is 681 g/mol. The van der Waals surface area contributed by atoms with Crippen LogP contribution in [-0.2, 0) is 29.0 Å². The van der Waals surface area contributed by atoms with Crippen LogP contribution >= 0.6 is 0 Å². The van der Waals surface area contributed by atoms with Crippen LogP contribution in [0, 0.1) is 18.2 Å². The maximum atomic E-state index is 13.4. The van der Waals surface area contributed by atoms with Crippen LogP contribution in [0.1, 0.15) is 81.6 Å². The van der Waals surface area contributed by atoms with Gasteiger partial charge in [-0.25, -0.2) is 9.18 Å². The van der Waals surface area contributed by atoms with Crippen molar-refractivity contribution in [2.45, 2.75) is 85.6 Å². The third kappa shape index (κ3) is 9.70. The Morgan fingerprint density at radius 3 is 2.20 bits per heavy atom. The highest BCUT2D eigenvalue weighted by Crippen LogP contribution is 2.45. The number of aryl methyl sites for hydroxylation is 1. The fourth-order valence-electron chi connectivity index (χ4n) is 6.61. The van der Waals surface area contributed by atoms with E-state index in [1.165, 1.54) is 17.7 Å². The van der Waals surface area contributed by atoms with E-state index in [9.17, 15) is 14.3 Å². The van der Waals surface area contributed by atoms with E-state index in [0.29, 0.717) is 30.8 Å². The molecule has 3 aromatic carbocycles. The molecule has 2 heterocycles. The van der Waals surface area contributed by atoms with Crippen LogP contribution in [0.2, 0.25) is 0 Å². The molecule has 8 heteroatoms. The highest BCUT2D eigenvalue weighted by Gasteiger charge is 2.37. The van der Waals surface area contributed by atoms with Crippen LogP contribution in [0.25, 0.3) is 11.1 Å². The highest BCUT2D eigenvalue weighted by molar-refractivity contribution is 5.88. The van der Waals surface area contributed by atoms with Gasteiger partial charge in [0.05, 0.1) is 23.6 Å². The molecule has 1 aliphatic rings. The Morgan fingerprint density at radius 2 is 1.60 bits per heavy atom. The zero-order chi connectivity index (χ0) is 36.1. The van der Waals surface area contributed by atoms with Gasteiger partial charge in [-0.15, -0.1) is 0 Å². The number of piperidine rings is 1. The second-order valence-corrected chi connectivity index (χ2v) is 15.3. The van der Waals surface area contributed by atoms with E-state index in [1.807, 2.05) is 70.2 Å². The molecule has 5 rings (SSSR count). The predicted octanol–water partition coefficient (Wildman–Crippen LogP) is 9.02. The molecule has 1 atom stereocenters. The number of halogens is 1. The van der Waals surface area contributed by atoms with Crippen molar-refractivity contribution in [3.63, 3.8) is 0 Å². The SMILES string of the molecule is Cc1nc(CN(C)Cc2ccccc2)c(-c2ccc(OCCc3ccc(F)cc3)cc2)c(N2CCC(C)(C)CC2)c1C(OC(C)(C)C)C(=O)O. The summed E-state index contributed by atoms with van der Waals surface area (Å²) in [5, 5.41) is 10.7. The number of rotatable bonds is 13. The number of anilines is 1. The number of pyridine rings is 1. The van der Waals surface area contributed by atoms with E-state index in [0.717, 1.165) is 66.3 Å². The van der Waals surface area contributed by atoms with Crippen molar-refractivity contribution in [2.24, 2.45) is 5.41 Å². The molecule has 4 aromatic rings. The Kier molecular flexibility index (Phi) is 11.6. The van der Waals surface area contributed by atoms with Crippen molar-refractivity contribution < 1.29 is 23.8 Å². The molecule has 1 aliphatic heterocycles. The summed E-state index contributed by atoms with van der Waals surface area (Å²) in [7, 11) is 2.09. The van der Waals surface area contributed by atoms with Gasteiger partial charge >= 0.3 is 5.97 Å². The summed E-state index contributed by atoms with van der Waals surface area (Å²) >= 11 is 0. The Balaban J connectivity index is 1.59. The lowest BCUT2D eigenvalue weighted by Crippen LogP contribution is -2.39. The molecular weight excluding hydrogens is 629 g/mol. The van der Waals surface area contributed by atoms with Gasteiger partial charge in [-0.3, -0.25) is 9.88 Å². The van der Waals surface area contributed by atoms with E-state index in [4.69, 9.17) is 14.5 Å². The average molecular weight is 682 g/mol. The average Bonchev–Trinajstić information content (AvgIpc) is 3.05. The molecule has 1 saturated heterocycles. The zero-order valence-electron chi connectivity index (χ0n) is 30.6. The van der Waals surface area contributed by atoms with E-state index < -0.39 is 17.7 Å². The van der Waals surface area contributed by atoms with Crippen LogP contribution < -0.4 is 9.64 Å². The van der Waals surface area contributed by atoms with Crippen LogP contribution in [0.4, 0.5) is 10.1 Å². The first-order valence-corrected chi connectivity index (χ1v) is 17.6. The molecule has 1 aromatic heterocycles. The van der Waals surface area contributed by atoms with Crippen molar-refractivity contribution in [3.05, 3.63) is 113 Å². The van der Waals surface area contributed by atoms with Gasteiger partial charge < -0.3 is 19.5 Å². The molecule has 1 fully saturated rings. The van der Waals surface area contributed by atoms with Crippen molar-refractivity contribution in [1.82, 2.24) is 9.88 Å². The van der Waals surface area contributed by atoms with Crippen molar-refractivity contribution in [1.29, 1.82) is 0 Å². The summed E-state index contributed by atoms with van der Waals surface area (Å²) in [6.45, 7) is 15.5. The largest absolute Gasteiger partial charge is 0.493 e. The number of carboxylic acid groups (broad SMARTS) is 1. The number of nitrogens with zero attached hydrogens (tertiary/aromatic N) is 3. The quantitative estimate of drug-likeness (QED) is 0.151. The summed E-state index contributed by atoms with van der Waals surface area (Å²) in [6, 6.07) is 24.8. The molecule has 0 aliphatic carbocycles. The molecule has 1 N–H and O–H groups in total. The van der Waals surface area contributed by atoms with E-state index in [2.05, 4.69) is 42.8 Å². The first-order chi connectivity index (χ1) is 23.7. The molecule has 50 heavy (non-hydrogen) atoms. The van der Waals surface area contributed by atoms with Gasteiger partial charge in [-0.1, -0.05) is 68.4 Å². The van der Waals surface area contributed by atoms with Gasteiger partial charge in [0, 0.05) is 49.4 Å². The summed E-state index contributed by atoms with van der Waals surface area (Å²) in [5.74, 6) is -0.565. The van der Waals surface area contributed by atoms with Gasteiger partial charge in [0.2, 0.25) is 0 Å². The summed E-state index contributed by atoms with van der Waals surface area (Å²) in [6.07, 6.45) is 1.42. The number of hydrogen-bond acceptors (Lipinski definition) is 6. The number of carboxylic acids is 1. The van der Waals surface area contributed by atoms with E-state index in [1.54, 1.807) is 12.1 Å². The fraction of sp³-hybridized carbons (Fsp3) is 0.429. The summed E-state index contributed by atoms with van der Waals surface area (Å²) in [5.41, 5.74) is 6.61. The third-order valence-corrected chi connectivity index (χ3v) is 9.29. The highest BCUT2D eigenvalue weighted by atomic mass is 19.1. The van der Waals surface area contributed by atoms with Gasteiger partial charge in [0.15, 0.2) is 6.10 Å². The minimum absolute atomic E-state index is 0.193. The van der Waals surface area contributed by atoms with Crippen molar-refractivity contribution in [3.8, 4) is 16.9 Å². The molecule has 0 amide bonds. The second-order valence-electron chi connectivity index (χ2n) is 15.3. The summed E-state index contributed by atoms with van der Waals surface area (Å²) in [4.78, 5) is 22.8. The second kappa shape index (κ2) is 15.7. The number of ether oxygens (including phenoxy) is 2. The van der Waals surface area contributed by atoms with Crippen LogP contribution in [-0.4, -0.2) is 53.3 Å². The molecule has 0 bridgehead atoms. The summed E-state index contributed by atoms with van der Waals surface area (Å²) < 4.78 is 25.8. The molecule has 0 radical (unpaired) electrons. The maximum Gasteiger partial charge on any atom is 0.337 e. The van der Waals surface area contributed by atoms with Gasteiger partial charge in [0.25, 0.3) is 0 Å². The number of aromatic nitrogens is 1. The molecule has 0 saturated carbocycles. The Bertz CT molecular complexity index is 1720. The Labute approximate surface area is 297 Å². The van der Waals surface area contributed by atoms with Gasteiger partial charge in [0.1, 0.15) is 11.6 Å². The number of aliphatic carboxylic acids is 1. The maximum absolute atomic E-state index is 13.4. The van der Waals surface area contributed by atoms with Crippen molar-refractivity contribution in [2.75, 3.05) is 31.6 Å². The lowest BCUT2D eigenvalue weighted by Gasteiger charge is -2.41. The minimum atomic E-state index is -1.20. The fourth-order valence-corrected chi connectivity index (χ4v) is 6.61. The van der Waals surface area contributed by atoms with Crippen LogP contribution in [0.3, 0.4) is 0 Å². The van der Waals surface area contributed by atoms with E-state index in [-0.39, 0.29) is 11.2 Å². The van der Waals surface area contributed by atoms with Gasteiger partial charge in [-0.05, 0) is 94.0 Å². The molecule has 7 nitrogen and oxygen atoms in total. The number of benzene rings is 3. The molecular formula is C42H52FN3O4. The normalized spacial score (nSPS) is 15.3. The smallest absolute Gasteiger partial charge is 0.337 e. The molecule has 0 spiro atoms. The minimum Gasteiger partial charge on any atom is -0.493 e.